The zero-order chi connectivity index (χ0) is 15.0. The number of esters is 1. The molecule has 2 atom stereocenters. The molecular formula is C16H32N2O2. The van der Waals surface area contributed by atoms with Crippen molar-refractivity contribution in [3.63, 3.8) is 0 Å². The van der Waals surface area contributed by atoms with Crippen LogP contribution in [0.1, 0.15) is 59.8 Å². The van der Waals surface area contributed by atoms with Crippen LogP contribution in [-0.4, -0.2) is 48.7 Å². The highest BCUT2D eigenvalue weighted by Crippen LogP contribution is 2.32. The van der Waals surface area contributed by atoms with Gasteiger partial charge in [-0.15, -0.1) is 0 Å². The van der Waals surface area contributed by atoms with Crippen molar-refractivity contribution >= 4 is 5.97 Å². The number of rotatable bonds is 8. The standard InChI is InChI=1S/C16H32N2O2/c1-5-12-18(7-3)14-10-9-11-16(13-14,17-6-2)15(19)20-8-4/h14,17H,5-13H2,1-4H3. The van der Waals surface area contributed by atoms with Gasteiger partial charge in [-0.3, -0.25) is 4.79 Å². The molecule has 4 nitrogen and oxygen atoms in total. The Hall–Kier alpha value is -0.610. The van der Waals surface area contributed by atoms with Gasteiger partial charge >= 0.3 is 5.97 Å². The zero-order valence-electron chi connectivity index (χ0n) is 13.7. The van der Waals surface area contributed by atoms with E-state index in [9.17, 15) is 4.79 Å². The number of hydrogen-bond acceptors (Lipinski definition) is 4. The molecule has 4 heteroatoms. The predicted octanol–water partition coefficient (Wildman–Crippen LogP) is 2.57. The maximum Gasteiger partial charge on any atom is 0.326 e. The highest BCUT2D eigenvalue weighted by Gasteiger charge is 2.44. The Kier molecular flexibility index (Phi) is 7.52. The molecule has 0 spiro atoms. The van der Waals surface area contributed by atoms with Gasteiger partial charge in [-0.25, -0.2) is 0 Å². The molecule has 0 aromatic rings. The van der Waals surface area contributed by atoms with Crippen LogP contribution in [0.5, 0.6) is 0 Å². The van der Waals surface area contributed by atoms with Gasteiger partial charge in [-0.05, 0) is 58.7 Å². The number of hydrogen-bond donors (Lipinski definition) is 1. The van der Waals surface area contributed by atoms with E-state index >= 15 is 0 Å². The summed E-state index contributed by atoms with van der Waals surface area (Å²) in [4.78, 5) is 14.9. The van der Waals surface area contributed by atoms with Gasteiger partial charge in [0, 0.05) is 6.04 Å². The number of ether oxygens (including phenoxy) is 1. The van der Waals surface area contributed by atoms with Crippen molar-refractivity contribution in [2.24, 2.45) is 0 Å². The highest BCUT2D eigenvalue weighted by atomic mass is 16.5. The Morgan fingerprint density at radius 3 is 2.65 bits per heavy atom. The summed E-state index contributed by atoms with van der Waals surface area (Å²) in [6.45, 7) is 11.8. The van der Waals surface area contributed by atoms with Crippen LogP contribution < -0.4 is 5.32 Å². The van der Waals surface area contributed by atoms with Crippen molar-refractivity contribution in [1.29, 1.82) is 0 Å². The van der Waals surface area contributed by atoms with Crippen molar-refractivity contribution in [3.8, 4) is 0 Å². The normalized spacial score (nSPS) is 26.8. The highest BCUT2D eigenvalue weighted by molar-refractivity contribution is 5.81. The second kappa shape index (κ2) is 8.63. The second-order valence-electron chi connectivity index (χ2n) is 5.71. The van der Waals surface area contributed by atoms with Crippen molar-refractivity contribution in [3.05, 3.63) is 0 Å². The molecule has 1 aliphatic carbocycles. The number of likely N-dealkylation sites (N-methyl/N-ethyl adjacent to an activating group) is 1. The summed E-state index contributed by atoms with van der Waals surface area (Å²) < 4.78 is 5.34. The molecule has 118 valence electrons. The molecule has 0 heterocycles. The quantitative estimate of drug-likeness (QED) is 0.696. The van der Waals surface area contributed by atoms with Crippen LogP contribution in [0, 0.1) is 0 Å². The summed E-state index contributed by atoms with van der Waals surface area (Å²) in [5, 5.41) is 3.43. The summed E-state index contributed by atoms with van der Waals surface area (Å²) in [7, 11) is 0. The van der Waals surface area contributed by atoms with Crippen molar-refractivity contribution < 1.29 is 9.53 Å². The number of nitrogens with zero attached hydrogens (tertiary/aromatic N) is 1. The van der Waals surface area contributed by atoms with E-state index < -0.39 is 5.54 Å². The molecule has 20 heavy (non-hydrogen) atoms. The van der Waals surface area contributed by atoms with Crippen LogP contribution in [0.2, 0.25) is 0 Å². The minimum atomic E-state index is -0.463. The second-order valence-corrected chi connectivity index (χ2v) is 5.71. The van der Waals surface area contributed by atoms with Gasteiger partial charge in [-0.2, -0.15) is 0 Å². The molecule has 1 rings (SSSR count). The lowest BCUT2D eigenvalue weighted by molar-refractivity contribution is -0.154. The van der Waals surface area contributed by atoms with Gasteiger partial charge in [0.2, 0.25) is 0 Å². The first-order chi connectivity index (χ1) is 9.63. The van der Waals surface area contributed by atoms with E-state index in [1.54, 1.807) is 0 Å². The van der Waals surface area contributed by atoms with Crippen LogP contribution in [0.15, 0.2) is 0 Å². The molecule has 0 amide bonds. The van der Waals surface area contributed by atoms with Gasteiger partial charge in [-0.1, -0.05) is 20.8 Å². The first kappa shape index (κ1) is 17.4. The van der Waals surface area contributed by atoms with Crippen LogP contribution >= 0.6 is 0 Å². The molecule has 1 aliphatic rings. The van der Waals surface area contributed by atoms with Crippen LogP contribution in [0.25, 0.3) is 0 Å². The lowest BCUT2D eigenvalue weighted by Gasteiger charge is -2.43. The zero-order valence-corrected chi connectivity index (χ0v) is 13.7. The predicted molar refractivity (Wildman–Crippen MR) is 82.8 cm³/mol. The molecule has 0 saturated heterocycles. The summed E-state index contributed by atoms with van der Waals surface area (Å²) in [6, 6.07) is 0.497. The van der Waals surface area contributed by atoms with Crippen molar-refractivity contribution in [2.45, 2.75) is 71.4 Å². The molecule has 2 unspecified atom stereocenters. The number of carbonyl (C=O) groups is 1. The monoisotopic (exact) mass is 284 g/mol. The maximum atomic E-state index is 12.4. The lowest BCUT2D eigenvalue weighted by Crippen LogP contribution is -2.59. The van der Waals surface area contributed by atoms with Gasteiger partial charge in [0.1, 0.15) is 5.54 Å². The minimum Gasteiger partial charge on any atom is -0.465 e. The third-order valence-corrected chi connectivity index (χ3v) is 4.34. The molecule has 0 aromatic heterocycles. The molecule has 0 aliphatic heterocycles. The van der Waals surface area contributed by atoms with E-state index in [-0.39, 0.29) is 5.97 Å². The van der Waals surface area contributed by atoms with Gasteiger partial charge in [0.05, 0.1) is 6.61 Å². The smallest absolute Gasteiger partial charge is 0.326 e. The maximum absolute atomic E-state index is 12.4. The van der Waals surface area contributed by atoms with E-state index in [0.29, 0.717) is 12.6 Å². The first-order valence-corrected chi connectivity index (χ1v) is 8.29. The third-order valence-electron chi connectivity index (χ3n) is 4.34. The van der Waals surface area contributed by atoms with Gasteiger partial charge < -0.3 is 15.0 Å². The Morgan fingerprint density at radius 2 is 2.10 bits per heavy atom. The van der Waals surface area contributed by atoms with E-state index in [4.69, 9.17) is 4.74 Å². The van der Waals surface area contributed by atoms with E-state index in [1.807, 2.05) is 6.92 Å². The number of carbonyl (C=O) groups excluding carboxylic acids is 1. The first-order valence-electron chi connectivity index (χ1n) is 8.29. The minimum absolute atomic E-state index is 0.0564. The van der Waals surface area contributed by atoms with Crippen LogP contribution in [0.4, 0.5) is 0 Å². The van der Waals surface area contributed by atoms with E-state index in [1.165, 1.54) is 6.42 Å². The molecule has 0 radical (unpaired) electrons. The Balaban J connectivity index is 2.82. The fourth-order valence-corrected chi connectivity index (χ4v) is 3.47. The largest absolute Gasteiger partial charge is 0.465 e. The van der Waals surface area contributed by atoms with Crippen LogP contribution in [0.3, 0.4) is 0 Å². The third kappa shape index (κ3) is 4.19. The lowest BCUT2D eigenvalue weighted by atomic mass is 9.78. The summed E-state index contributed by atoms with van der Waals surface area (Å²) in [5.41, 5.74) is -0.463. The van der Waals surface area contributed by atoms with Crippen LogP contribution in [-0.2, 0) is 9.53 Å². The average Bonchev–Trinajstić information content (AvgIpc) is 2.45. The molecule has 0 bridgehead atoms. The summed E-state index contributed by atoms with van der Waals surface area (Å²) >= 11 is 0. The molecule has 0 aromatic carbocycles. The van der Waals surface area contributed by atoms with Crippen molar-refractivity contribution in [2.75, 3.05) is 26.2 Å². The van der Waals surface area contributed by atoms with Gasteiger partial charge in [0.25, 0.3) is 0 Å². The molecular weight excluding hydrogens is 252 g/mol. The number of nitrogens with one attached hydrogen (secondary N) is 1. The summed E-state index contributed by atoms with van der Waals surface area (Å²) in [6.07, 6.45) is 5.24. The SMILES string of the molecule is CCCN(CC)C1CCCC(NCC)(C(=O)OCC)C1. The fraction of sp³-hybridized carbons (Fsp3) is 0.938. The molecule has 1 N–H and O–H groups in total. The Bertz CT molecular complexity index is 292. The van der Waals surface area contributed by atoms with E-state index in [0.717, 1.165) is 45.3 Å². The fourth-order valence-electron chi connectivity index (χ4n) is 3.47. The van der Waals surface area contributed by atoms with E-state index in [2.05, 4.69) is 31.0 Å². The molecule has 1 fully saturated rings. The van der Waals surface area contributed by atoms with Gasteiger partial charge in [0.15, 0.2) is 0 Å². The average molecular weight is 284 g/mol. The Morgan fingerprint density at radius 1 is 1.35 bits per heavy atom. The topological polar surface area (TPSA) is 41.6 Å². The summed E-state index contributed by atoms with van der Waals surface area (Å²) in [5.74, 6) is -0.0564. The van der Waals surface area contributed by atoms with Crippen molar-refractivity contribution in [1.82, 2.24) is 10.2 Å². The Labute approximate surface area is 124 Å². The molecule has 1 saturated carbocycles.